The zero-order chi connectivity index (χ0) is 14.7. The van der Waals surface area contributed by atoms with Gasteiger partial charge in [0.05, 0.1) is 0 Å². The van der Waals surface area contributed by atoms with Gasteiger partial charge in [-0.25, -0.2) is 0 Å². The Kier molecular flexibility index (Phi) is 4.29. The van der Waals surface area contributed by atoms with Crippen molar-refractivity contribution in [1.82, 2.24) is 5.32 Å². The molecular formula is C18H26N2O. The van der Waals surface area contributed by atoms with E-state index in [1.54, 1.807) is 0 Å². The summed E-state index contributed by atoms with van der Waals surface area (Å²) in [7, 11) is 0. The highest BCUT2D eigenvalue weighted by atomic mass is 16.2. The Bertz CT molecular complexity index is 479. The van der Waals surface area contributed by atoms with Gasteiger partial charge in [-0.05, 0) is 42.7 Å². The van der Waals surface area contributed by atoms with Gasteiger partial charge < -0.3 is 11.1 Å². The Morgan fingerprint density at radius 2 is 1.90 bits per heavy atom. The number of carbonyl (C=O) groups excluding carboxylic acids is 1. The van der Waals surface area contributed by atoms with E-state index in [0.717, 1.165) is 25.8 Å². The van der Waals surface area contributed by atoms with Crippen LogP contribution in [0.1, 0.15) is 50.0 Å². The second-order valence-corrected chi connectivity index (χ2v) is 6.84. The molecule has 0 radical (unpaired) electrons. The molecule has 2 atom stereocenters. The van der Waals surface area contributed by atoms with Crippen LogP contribution in [0.3, 0.4) is 0 Å². The molecule has 0 heterocycles. The lowest BCUT2D eigenvalue weighted by molar-refractivity contribution is -0.123. The first kappa shape index (κ1) is 14.6. The van der Waals surface area contributed by atoms with Crippen molar-refractivity contribution < 1.29 is 4.79 Å². The third-order valence-electron chi connectivity index (χ3n) is 5.34. The Balaban J connectivity index is 1.51. The van der Waals surface area contributed by atoms with Gasteiger partial charge in [-0.2, -0.15) is 0 Å². The van der Waals surface area contributed by atoms with Gasteiger partial charge in [0.25, 0.3) is 0 Å². The molecule has 3 nitrogen and oxygen atoms in total. The van der Waals surface area contributed by atoms with Crippen molar-refractivity contribution in [1.29, 1.82) is 0 Å². The van der Waals surface area contributed by atoms with E-state index in [4.69, 9.17) is 5.73 Å². The van der Waals surface area contributed by atoms with Crippen molar-refractivity contribution in [3.63, 3.8) is 0 Å². The maximum absolute atomic E-state index is 12.3. The lowest BCUT2D eigenvalue weighted by atomic mass is 9.74. The standard InChI is InChI=1S/C18H26N2O/c19-12-18(9-5-2-6-10-18)13-20-17(21)16-11-15(16)14-7-3-1-4-8-14/h1,3-4,7-8,15-16H,2,5-6,9-13,19H2,(H,20,21). The third kappa shape index (κ3) is 3.29. The van der Waals surface area contributed by atoms with Crippen LogP contribution >= 0.6 is 0 Å². The molecule has 114 valence electrons. The summed E-state index contributed by atoms with van der Waals surface area (Å²) in [4.78, 5) is 12.3. The zero-order valence-corrected chi connectivity index (χ0v) is 12.7. The van der Waals surface area contributed by atoms with Crippen molar-refractivity contribution in [3.05, 3.63) is 35.9 Å². The van der Waals surface area contributed by atoms with Crippen LogP contribution < -0.4 is 11.1 Å². The fourth-order valence-corrected chi connectivity index (χ4v) is 3.71. The van der Waals surface area contributed by atoms with Crippen LogP contribution in [0.4, 0.5) is 0 Å². The second-order valence-electron chi connectivity index (χ2n) is 6.84. The van der Waals surface area contributed by atoms with Crippen LogP contribution in [-0.4, -0.2) is 19.0 Å². The molecule has 1 amide bonds. The molecule has 1 aromatic rings. The molecule has 1 aromatic carbocycles. The normalized spacial score (nSPS) is 27.1. The predicted octanol–water partition coefficient (Wildman–Crippen LogP) is 2.82. The summed E-state index contributed by atoms with van der Waals surface area (Å²) in [6.45, 7) is 1.46. The molecule has 3 N–H and O–H groups in total. The van der Waals surface area contributed by atoms with Crippen LogP contribution in [0, 0.1) is 11.3 Å². The number of amides is 1. The quantitative estimate of drug-likeness (QED) is 0.874. The van der Waals surface area contributed by atoms with Gasteiger partial charge in [0.1, 0.15) is 0 Å². The average molecular weight is 286 g/mol. The highest BCUT2D eigenvalue weighted by molar-refractivity contribution is 5.82. The number of nitrogens with one attached hydrogen (secondary N) is 1. The summed E-state index contributed by atoms with van der Waals surface area (Å²) in [5.41, 5.74) is 7.44. The van der Waals surface area contributed by atoms with E-state index in [9.17, 15) is 4.79 Å². The lowest BCUT2D eigenvalue weighted by Crippen LogP contribution is -2.44. The van der Waals surface area contributed by atoms with Gasteiger partial charge in [0.15, 0.2) is 0 Å². The first-order valence-corrected chi connectivity index (χ1v) is 8.27. The molecule has 3 heteroatoms. The molecule has 0 saturated heterocycles. The summed E-state index contributed by atoms with van der Waals surface area (Å²) in [6.07, 6.45) is 7.14. The van der Waals surface area contributed by atoms with E-state index in [-0.39, 0.29) is 17.2 Å². The SMILES string of the molecule is NCC1(CNC(=O)C2CC2c2ccccc2)CCCCC1. The third-order valence-corrected chi connectivity index (χ3v) is 5.34. The van der Waals surface area contributed by atoms with Crippen LogP contribution in [0.5, 0.6) is 0 Å². The summed E-state index contributed by atoms with van der Waals surface area (Å²) in [6, 6.07) is 10.4. The molecule has 2 aliphatic carbocycles. The maximum Gasteiger partial charge on any atom is 0.223 e. The number of nitrogens with two attached hydrogens (primary N) is 1. The van der Waals surface area contributed by atoms with Crippen LogP contribution in [0.2, 0.25) is 0 Å². The van der Waals surface area contributed by atoms with Gasteiger partial charge in [0, 0.05) is 12.5 Å². The molecule has 0 spiro atoms. The molecule has 2 unspecified atom stereocenters. The van der Waals surface area contributed by atoms with E-state index in [1.165, 1.54) is 24.8 Å². The molecule has 21 heavy (non-hydrogen) atoms. The van der Waals surface area contributed by atoms with Crippen molar-refractivity contribution >= 4 is 5.91 Å². The van der Waals surface area contributed by atoms with E-state index < -0.39 is 0 Å². The molecule has 0 aliphatic heterocycles. The van der Waals surface area contributed by atoms with Crippen molar-refractivity contribution in [2.24, 2.45) is 17.1 Å². The fourth-order valence-electron chi connectivity index (χ4n) is 3.71. The minimum Gasteiger partial charge on any atom is -0.355 e. The first-order valence-electron chi connectivity index (χ1n) is 8.27. The van der Waals surface area contributed by atoms with E-state index in [1.807, 2.05) is 18.2 Å². The number of hydrogen-bond donors (Lipinski definition) is 2. The minimum atomic E-state index is 0.158. The van der Waals surface area contributed by atoms with Gasteiger partial charge in [-0.15, -0.1) is 0 Å². The number of benzene rings is 1. The van der Waals surface area contributed by atoms with Crippen LogP contribution in [-0.2, 0) is 4.79 Å². The Morgan fingerprint density at radius 1 is 1.19 bits per heavy atom. The fraction of sp³-hybridized carbons (Fsp3) is 0.611. The van der Waals surface area contributed by atoms with Crippen molar-refractivity contribution in [2.75, 3.05) is 13.1 Å². The van der Waals surface area contributed by atoms with E-state index in [0.29, 0.717) is 12.5 Å². The summed E-state index contributed by atoms with van der Waals surface area (Å²) < 4.78 is 0. The Labute approximate surface area is 127 Å². The zero-order valence-electron chi connectivity index (χ0n) is 12.7. The van der Waals surface area contributed by atoms with Gasteiger partial charge >= 0.3 is 0 Å². The minimum absolute atomic E-state index is 0.158. The molecule has 2 saturated carbocycles. The molecule has 2 aliphatic rings. The number of rotatable bonds is 5. The second kappa shape index (κ2) is 6.18. The Hall–Kier alpha value is -1.35. The highest BCUT2D eigenvalue weighted by Crippen LogP contribution is 2.47. The molecule has 2 fully saturated rings. The van der Waals surface area contributed by atoms with Gasteiger partial charge in [-0.1, -0.05) is 49.6 Å². The highest BCUT2D eigenvalue weighted by Gasteiger charge is 2.44. The average Bonchev–Trinajstić information content (AvgIpc) is 3.35. The van der Waals surface area contributed by atoms with Crippen molar-refractivity contribution in [2.45, 2.75) is 44.4 Å². The summed E-state index contributed by atoms with van der Waals surface area (Å²) in [5, 5.41) is 3.19. The lowest BCUT2D eigenvalue weighted by Gasteiger charge is -2.36. The molecule has 3 rings (SSSR count). The molecular weight excluding hydrogens is 260 g/mol. The maximum atomic E-state index is 12.3. The van der Waals surface area contributed by atoms with Crippen molar-refractivity contribution in [3.8, 4) is 0 Å². The summed E-state index contributed by atoms with van der Waals surface area (Å²) in [5.74, 6) is 0.819. The smallest absolute Gasteiger partial charge is 0.223 e. The van der Waals surface area contributed by atoms with E-state index >= 15 is 0 Å². The first-order chi connectivity index (χ1) is 10.2. The number of hydrogen-bond acceptors (Lipinski definition) is 2. The molecule has 0 bridgehead atoms. The van der Waals surface area contributed by atoms with Gasteiger partial charge in [-0.3, -0.25) is 4.79 Å². The van der Waals surface area contributed by atoms with Crippen LogP contribution in [0.15, 0.2) is 30.3 Å². The predicted molar refractivity (Wildman–Crippen MR) is 84.9 cm³/mol. The topological polar surface area (TPSA) is 55.1 Å². The van der Waals surface area contributed by atoms with Gasteiger partial charge in [0.2, 0.25) is 5.91 Å². The Morgan fingerprint density at radius 3 is 2.57 bits per heavy atom. The number of carbonyl (C=O) groups is 1. The molecule has 0 aromatic heterocycles. The largest absolute Gasteiger partial charge is 0.355 e. The monoisotopic (exact) mass is 286 g/mol. The van der Waals surface area contributed by atoms with E-state index in [2.05, 4.69) is 17.4 Å². The summed E-state index contributed by atoms with van der Waals surface area (Å²) >= 11 is 0. The van der Waals surface area contributed by atoms with Crippen LogP contribution in [0.25, 0.3) is 0 Å².